The highest BCUT2D eigenvalue weighted by Crippen LogP contribution is 2.35. The third kappa shape index (κ3) is 2.85. The largest absolute Gasteiger partial charge is 0.508 e. The molecule has 0 aromatic heterocycles. The van der Waals surface area contributed by atoms with Gasteiger partial charge in [0.1, 0.15) is 5.75 Å². The third-order valence-electron chi connectivity index (χ3n) is 2.81. The standard InChI is InChI=1S/C14H11NO7/c16-7-1-2-8(14(21)22)9(5-7)15-13(20)6-3-10(17)12(19)11(18)4-6/h1-5,16-19H,(H,15,20)(H,21,22). The van der Waals surface area contributed by atoms with Gasteiger partial charge < -0.3 is 30.8 Å². The number of phenols is 4. The Hall–Kier alpha value is -3.42. The van der Waals surface area contributed by atoms with Crippen molar-refractivity contribution in [2.24, 2.45) is 0 Å². The molecule has 0 saturated carbocycles. The topological polar surface area (TPSA) is 147 Å². The lowest BCUT2D eigenvalue weighted by molar-refractivity contribution is 0.0698. The third-order valence-corrected chi connectivity index (χ3v) is 2.81. The minimum absolute atomic E-state index is 0.162. The number of anilines is 1. The van der Waals surface area contributed by atoms with Gasteiger partial charge in [-0.1, -0.05) is 0 Å². The number of rotatable bonds is 3. The Balaban J connectivity index is 2.37. The molecule has 0 aliphatic carbocycles. The van der Waals surface area contributed by atoms with Crippen LogP contribution in [0.4, 0.5) is 5.69 Å². The van der Waals surface area contributed by atoms with E-state index in [1.54, 1.807) is 0 Å². The van der Waals surface area contributed by atoms with Gasteiger partial charge in [-0.05, 0) is 24.3 Å². The van der Waals surface area contributed by atoms with Crippen LogP contribution in [0.2, 0.25) is 0 Å². The number of nitrogens with one attached hydrogen (secondary N) is 1. The minimum atomic E-state index is -1.31. The molecule has 0 atom stereocenters. The molecule has 8 nitrogen and oxygen atoms in total. The summed E-state index contributed by atoms with van der Waals surface area (Å²) in [5, 5.41) is 48.6. The predicted molar refractivity (Wildman–Crippen MR) is 74.5 cm³/mol. The summed E-state index contributed by atoms with van der Waals surface area (Å²) >= 11 is 0. The second-order valence-corrected chi connectivity index (χ2v) is 4.35. The molecule has 0 fully saturated rings. The molecule has 0 unspecified atom stereocenters. The number of hydrogen-bond donors (Lipinski definition) is 6. The van der Waals surface area contributed by atoms with E-state index in [1.165, 1.54) is 0 Å². The van der Waals surface area contributed by atoms with E-state index in [0.29, 0.717) is 0 Å². The molecule has 0 radical (unpaired) electrons. The first-order valence-electron chi connectivity index (χ1n) is 5.92. The summed E-state index contributed by atoms with van der Waals surface area (Å²) in [7, 11) is 0. The maximum Gasteiger partial charge on any atom is 0.337 e. The van der Waals surface area contributed by atoms with Crippen LogP contribution in [0, 0.1) is 0 Å². The smallest absolute Gasteiger partial charge is 0.337 e. The van der Waals surface area contributed by atoms with Gasteiger partial charge in [-0.2, -0.15) is 0 Å². The summed E-state index contributed by atoms with van der Waals surface area (Å²) < 4.78 is 0. The van der Waals surface area contributed by atoms with Crippen LogP contribution in [0.3, 0.4) is 0 Å². The number of carboxylic acids is 1. The lowest BCUT2D eigenvalue weighted by Crippen LogP contribution is -2.14. The zero-order chi connectivity index (χ0) is 16.4. The monoisotopic (exact) mass is 305 g/mol. The summed E-state index contributed by atoms with van der Waals surface area (Å²) in [5.41, 5.74) is -0.629. The van der Waals surface area contributed by atoms with E-state index in [4.69, 9.17) is 5.11 Å². The van der Waals surface area contributed by atoms with Crippen molar-refractivity contribution in [2.45, 2.75) is 0 Å². The van der Waals surface area contributed by atoms with Crippen molar-refractivity contribution in [3.63, 3.8) is 0 Å². The van der Waals surface area contributed by atoms with Crippen molar-refractivity contribution in [3.8, 4) is 23.0 Å². The van der Waals surface area contributed by atoms with Crippen LogP contribution in [-0.2, 0) is 0 Å². The van der Waals surface area contributed by atoms with Gasteiger partial charge in [0.15, 0.2) is 17.2 Å². The van der Waals surface area contributed by atoms with E-state index in [-0.39, 0.29) is 22.6 Å². The molecule has 2 rings (SSSR count). The van der Waals surface area contributed by atoms with Gasteiger partial charge in [0.05, 0.1) is 11.3 Å². The maximum absolute atomic E-state index is 12.0. The fraction of sp³-hybridized carbons (Fsp3) is 0. The number of phenolic OH excluding ortho intramolecular Hbond substituents is 4. The Labute approximate surface area is 123 Å². The molecule has 0 aliphatic heterocycles. The number of hydrogen-bond acceptors (Lipinski definition) is 6. The fourth-order valence-electron chi connectivity index (χ4n) is 1.75. The van der Waals surface area contributed by atoms with Crippen molar-refractivity contribution < 1.29 is 35.1 Å². The van der Waals surface area contributed by atoms with Crippen molar-refractivity contribution >= 4 is 17.6 Å². The molecular weight excluding hydrogens is 294 g/mol. The molecule has 0 saturated heterocycles. The quantitative estimate of drug-likeness (QED) is 0.470. The van der Waals surface area contributed by atoms with Gasteiger partial charge in [0, 0.05) is 11.6 Å². The van der Waals surface area contributed by atoms with Gasteiger partial charge >= 0.3 is 5.97 Å². The van der Waals surface area contributed by atoms with E-state index in [2.05, 4.69) is 5.32 Å². The van der Waals surface area contributed by atoms with Crippen molar-refractivity contribution in [3.05, 3.63) is 41.5 Å². The molecule has 0 bridgehead atoms. The fourth-order valence-corrected chi connectivity index (χ4v) is 1.75. The second kappa shape index (κ2) is 5.52. The second-order valence-electron chi connectivity index (χ2n) is 4.35. The molecule has 2 aromatic rings. The van der Waals surface area contributed by atoms with Crippen LogP contribution >= 0.6 is 0 Å². The Morgan fingerprint density at radius 2 is 1.50 bits per heavy atom. The Morgan fingerprint density at radius 3 is 2.05 bits per heavy atom. The van der Waals surface area contributed by atoms with Crippen LogP contribution in [-0.4, -0.2) is 37.4 Å². The van der Waals surface area contributed by atoms with Crippen molar-refractivity contribution in [2.75, 3.05) is 5.32 Å². The first-order valence-corrected chi connectivity index (χ1v) is 5.92. The molecule has 22 heavy (non-hydrogen) atoms. The highest BCUT2D eigenvalue weighted by molar-refractivity contribution is 6.08. The minimum Gasteiger partial charge on any atom is -0.508 e. The average molecular weight is 305 g/mol. The molecule has 6 N–H and O–H groups in total. The van der Waals surface area contributed by atoms with E-state index in [9.17, 15) is 30.0 Å². The molecule has 0 aliphatic rings. The summed E-state index contributed by atoms with van der Waals surface area (Å²) in [5.74, 6) is -4.61. The molecule has 2 aromatic carbocycles. The number of carboxylic acid groups (broad SMARTS) is 1. The van der Waals surface area contributed by atoms with Crippen molar-refractivity contribution in [1.82, 2.24) is 0 Å². The average Bonchev–Trinajstić information content (AvgIpc) is 2.43. The highest BCUT2D eigenvalue weighted by atomic mass is 16.4. The molecule has 1 amide bonds. The summed E-state index contributed by atoms with van der Waals surface area (Å²) in [6.45, 7) is 0. The van der Waals surface area contributed by atoms with E-state index >= 15 is 0 Å². The Kier molecular flexibility index (Phi) is 3.76. The zero-order valence-corrected chi connectivity index (χ0v) is 10.9. The molecule has 0 heterocycles. The van der Waals surface area contributed by atoms with E-state index in [0.717, 1.165) is 30.3 Å². The molecule has 0 spiro atoms. The number of carbonyl (C=O) groups excluding carboxylic acids is 1. The maximum atomic E-state index is 12.0. The SMILES string of the molecule is O=C(Nc1cc(O)ccc1C(=O)O)c1cc(O)c(O)c(O)c1. The summed E-state index contributed by atoms with van der Waals surface area (Å²) in [6, 6.07) is 5.10. The van der Waals surface area contributed by atoms with Crippen molar-refractivity contribution in [1.29, 1.82) is 0 Å². The number of aromatic hydroxyl groups is 4. The van der Waals surface area contributed by atoms with Gasteiger partial charge in [-0.3, -0.25) is 4.79 Å². The first kappa shape index (κ1) is 15.0. The number of aromatic carboxylic acids is 1. The summed E-state index contributed by atoms with van der Waals surface area (Å²) in [6.07, 6.45) is 0. The molecule has 8 heteroatoms. The Morgan fingerprint density at radius 1 is 0.909 bits per heavy atom. The van der Waals surface area contributed by atoms with Gasteiger partial charge in [0.2, 0.25) is 0 Å². The van der Waals surface area contributed by atoms with E-state index < -0.39 is 29.1 Å². The van der Waals surface area contributed by atoms with Crippen LogP contribution in [0.25, 0.3) is 0 Å². The number of benzene rings is 2. The zero-order valence-electron chi connectivity index (χ0n) is 10.9. The van der Waals surface area contributed by atoms with Crippen LogP contribution in [0.15, 0.2) is 30.3 Å². The lowest BCUT2D eigenvalue weighted by atomic mass is 10.1. The molecule has 114 valence electrons. The number of amides is 1. The van der Waals surface area contributed by atoms with Gasteiger partial charge in [0.25, 0.3) is 5.91 Å². The van der Waals surface area contributed by atoms with Crippen LogP contribution < -0.4 is 5.32 Å². The van der Waals surface area contributed by atoms with Crippen LogP contribution in [0.5, 0.6) is 23.0 Å². The summed E-state index contributed by atoms with van der Waals surface area (Å²) in [4.78, 5) is 23.1. The first-order chi connectivity index (χ1) is 10.3. The Bertz CT molecular complexity index is 747. The van der Waals surface area contributed by atoms with Gasteiger partial charge in [-0.25, -0.2) is 4.79 Å². The van der Waals surface area contributed by atoms with Gasteiger partial charge in [-0.15, -0.1) is 0 Å². The van der Waals surface area contributed by atoms with Crippen LogP contribution in [0.1, 0.15) is 20.7 Å². The predicted octanol–water partition coefficient (Wildman–Crippen LogP) is 1.46. The van der Waals surface area contributed by atoms with E-state index in [1.807, 2.05) is 0 Å². The molecular formula is C14H11NO7. The number of carbonyl (C=O) groups is 2. The normalized spacial score (nSPS) is 10.2. The highest BCUT2D eigenvalue weighted by Gasteiger charge is 2.17. The lowest BCUT2D eigenvalue weighted by Gasteiger charge is -2.10.